The molecule has 0 spiro atoms. The van der Waals surface area contributed by atoms with Gasteiger partial charge in [0.15, 0.2) is 0 Å². The highest BCUT2D eigenvalue weighted by molar-refractivity contribution is 7.11. The van der Waals surface area contributed by atoms with Gasteiger partial charge in [-0.25, -0.2) is 9.48 Å². The molecular formula is C15H20N4O2S. The van der Waals surface area contributed by atoms with E-state index in [9.17, 15) is 4.79 Å². The van der Waals surface area contributed by atoms with Crippen molar-refractivity contribution in [3.8, 4) is 0 Å². The maximum atomic E-state index is 12.0. The molecule has 1 saturated heterocycles. The van der Waals surface area contributed by atoms with Crippen LogP contribution in [0.15, 0.2) is 24.4 Å². The van der Waals surface area contributed by atoms with E-state index in [-0.39, 0.29) is 12.1 Å². The van der Waals surface area contributed by atoms with E-state index >= 15 is 0 Å². The molecule has 7 heteroatoms. The lowest BCUT2D eigenvalue weighted by Gasteiger charge is -2.12. The number of nitrogens with one attached hydrogen (secondary N) is 2. The van der Waals surface area contributed by atoms with Gasteiger partial charge in [0.1, 0.15) is 5.82 Å². The summed E-state index contributed by atoms with van der Waals surface area (Å²) < 4.78 is 7.27. The van der Waals surface area contributed by atoms with Crippen molar-refractivity contribution < 1.29 is 9.53 Å². The zero-order valence-electron chi connectivity index (χ0n) is 12.5. The molecule has 6 nitrogen and oxygen atoms in total. The third-order valence-corrected chi connectivity index (χ3v) is 4.56. The number of anilines is 1. The quantitative estimate of drug-likeness (QED) is 0.890. The van der Waals surface area contributed by atoms with E-state index in [1.165, 1.54) is 9.75 Å². The second-order valence-electron chi connectivity index (χ2n) is 5.36. The molecule has 2 aromatic heterocycles. The van der Waals surface area contributed by atoms with Gasteiger partial charge in [0, 0.05) is 29.0 Å². The monoisotopic (exact) mass is 320 g/mol. The Morgan fingerprint density at radius 2 is 2.41 bits per heavy atom. The van der Waals surface area contributed by atoms with Gasteiger partial charge >= 0.3 is 6.03 Å². The minimum Gasteiger partial charge on any atom is -0.376 e. The molecule has 3 rings (SSSR count). The van der Waals surface area contributed by atoms with Gasteiger partial charge in [0.05, 0.1) is 18.8 Å². The molecule has 1 unspecified atom stereocenters. The zero-order chi connectivity index (χ0) is 15.4. The summed E-state index contributed by atoms with van der Waals surface area (Å²) >= 11 is 1.73. The lowest BCUT2D eigenvalue weighted by atomic mass is 10.2. The summed E-state index contributed by atoms with van der Waals surface area (Å²) in [4.78, 5) is 14.4. The van der Waals surface area contributed by atoms with E-state index in [4.69, 9.17) is 4.74 Å². The number of nitrogens with zero attached hydrogens (tertiary/aromatic N) is 2. The average Bonchev–Trinajstić information content (AvgIpc) is 3.21. The number of thiophene rings is 1. The molecule has 22 heavy (non-hydrogen) atoms. The van der Waals surface area contributed by atoms with Crippen LogP contribution in [0.2, 0.25) is 0 Å². The maximum absolute atomic E-state index is 12.0. The second-order valence-corrected chi connectivity index (χ2v) is 6.73. The Morgan fingerprint density at radius 1 is 1.50 bits per heavy atom. The maximum Gasteiger partial charge on any atom is 0.320 e. The highest BCUT2D eigenvalue weighted by Gasteiger charge is 2.16. The smallest absolute Gasteiger partial charge is 0.320 e. The first-order valence-electron chi connectivity index (χ1n) is 7.44. The lowest BCUT2D eigenvalue weighted by molar-refractivity contribution is 0.112. The molecule has 0 aliphatic carbocycles. The first-order valence-corrected chi connectivity index (χ1v) is 8.26. The van der Waals surface area contributed by atoms with Crippen LogP contribution in [0.4, 0.5) is 10.6 Å². The molecule has 1 fully saturated rings. The van der Waals surface area contributed by atoms with Crippen LogP contribution in [0, 0.1) is 6.92 Å². The third kappa shape index (κ3) is 3.86. The molecular weight excluding hydrogens is 300 g/mol. The van der Waals surface area contributed by atoms with Crippen LogP contribution in [0.5, 0.6) is 0 Å². The number of urea groups is 1. The van der Waals surface area contributed by atoms with Crippen molar-refractivity contribution in [2.45, 2.75) is 32.4 Å². The van der Waals surface area contributed by atoms with E-state index in [1.807, 2.05) is 0 Å². The van der Waals surface area contributed by atoms with Crippen molar-refractivity contribution in [1.82, 2.24) is 15.1 Å². The molecule has 2 amide bonds. The van der Waals surface area contributed by atoms with Crippen LogP contribution >= 0.6 is 11.3 Å². The number of rotatable bonds is 5. The summed E-state index contributed by atoms with van der Waals surface area (Å²) in [6.45, 7) is 4.08. The molecule has 0 aromatic carbocycles. The van der Waals surface area contributed by atoms with E-state index < -0.39 is 0 Å². The fourth-order valence-electron chi connectivity index (χ4n) is 2.45. The van der Waals surface area contributed by atoms with Gasteiger partial charge in [-0.1, -0.05) is 0 Å². The Labute approximate surface area is 133 Å². The molecule has 1 aliphatic rings. The first-order chi connectivity index (χ1) is 10.7. The normalized spacial score (nSPS) is 17.6. The Morgan fingerprint density at radius 3 is 3.14 bits per heavy atom. The Kier molecular flexibility index (Phi) is 4.74. The summed E-state index contributed by atoms with van der Waals surface area (Å²) in [5.74, 6) is 0.691. The summed E-state index contributed by atoms with van der Waals surface area (Å²) in [6.07, 6.45) is 3.91. The molecule has 118 valence electrons. The average molecular weight is 320 g/mol. The van der Waals surface area contributed by atoms with Gasteiger partial charge in [-0.05, 0) is 31.9 Å². The minimum atomic E-state index is -0.223. The molecule has 1 aliphatic heterocycles. The largest absolute Gasteiger partial charge is 0.376 e. The topological polar surface area (TPSA) is 68.2 Å². The summed E-state index contributed by atoms with van der Waals surface area (Å²) in [7, 11) is 0. The third-order valence-electron chi connectivity index (χ3n) is 3.57. The number of amides is 2. The van der Waals surface area contributed by atoms with E-state index in [0.717, 1.165) is 19.4 Å². The van der Waals surface area contributed by atoms with Crippen molar-refractivity contribution in [1.29, 1.82) is 0 Å². The van der Waals surface area contributed by atoms with E-state index in [0.29, 0.717) is 18.9 Å². The highest BCUT2D eigenvalue weighted by atomic mass is 32.1. The Bertz CT molecular complexity index is 631. The molecule has 0 radical (unpaired) electrons. The van der Waals surface area contributed by atoms with Gasteiger partial charge in [-0.3, -0.25) is 5.32 Å². The Hall–Kier alpha value is -1.86. The molecule has 2 N–H and O–H groups in total. The van der Waals surface area contributed by atoms with Crippen LogP contribution in [0.25, 0.3) is 0 Å². The fraction of sp³-hybridized carbons (Fsp3) is 0.467. The molecule has 3 heterocycles. The second kappa shape index (κ2) is 6.93. The SMILES string of the molecule is Cc1ccc(Cn2nccc2NC(=O)NCC2CCCO2)s1. The van der Waals surface area contributed by atoms with Crippen LogP contribution < -0.4 is 10.6 Å². The van der Waals surface area contributed by atoms with Crippen LogP contribution in [-0.2, 0) is 11.3 Å². The van der Waals surface area contributed by atoms with Crippen molar-refractivity contribution in [3.63, 3.8) is 0 Å². The fourth-order valence-corrected chi connectivity index (χ4v) is 3.33. The van der Waals surface area contributed by atoms with Crippen molar-refractivity contribution >= 4 is 23.2 Å². The summed E-state index contributed by atoms with van der Waals surface area (Å²) in [5, 5.41) is 9.95. The predicted molar refractivity (Wildman–Crippen MR) is 86.4 cm³/mol. The number of hydrogen-bond donors (Lipinski definition) is 2. The van der Waals surface area contributed by atoms with Gasteiger partial charge in [-0.15, -0.1) is 11.3 Å². The van der Waals surface area contributed by atoms with Gasteiger partial charge in [0.25, 0.3) is 0 Å². The number of carbonyl (C=O) groups excluding carboxylic acids is 1. The van der Waals surface area contributed by atoms with Crippen LogP contribution in [0.3, 0.4) is 0 Å². The number of carbonyl (C=O) groups is 1. The van der Waals surface area contributed by atoms with Crippen molar-refractivity contribution in [2.75, 3.05) is 18.5 Å². The lowest BCUT2D eigenvalue weighted by Crippen LogP contribution is -2.35. The molecule has 0 saturated carbocycles. The molecule has 1 atom stereocenters. The van der Waals surface area contributed by atoms with Crippen molar-refractivity contribution in [3.05, 3.63) is 34.2 Å². The van der Waals surface area contributed by atoms with Gasteiger partial charge in [0.2, 0.25) is 0 Å². The highest BCUT2D eigenvalue weighted by Crippen LogP contribution is 2.18. The van der Waals surface area contributed by atoms with E-state index in [1.54, 1.807) is 28.3 Å². The van der Waals surface area contributed by atoms with Crippen molar-refractivity contribution in [2.24, 2.45) is 0 Å². The van der Waals surface area contributed by atoms with Crippen LogP contribution in [0.1, 0.15) is 22.6 Å². The number of ether oxygens (including phenoxy) is 1. The number of aromatic nitrogens is 2. The first kappa shape index (κ1) is 15.1. The standard InChI is InChI=1S/C15H20N4O2S/c1-11-4-5-13(22-11)10-19-14(6-7-17-19)18-15(20)16-9-12-3-2-8-21-12/h4-7,12H,2-3,8-10H2,1H3,(H2,16,18,20). The number of aryl methyl sites for hydroxylation is 1. The number of hydrogen-bond acceptors (Lipinski definition) is 4. The van der Waals surface area contributed by atoms with E-state index in [2.05, 4.69) is 34.8 Å². The summed E-state index contributed by atoms with van der Waals surface area (Å²) in [5.41, 5.74) is 0. The minimum absolute atomic E-state index is 0.143. The zero-order valence-corrected chi connectivity index (χ0v) is 13.4. The van der Waals surface area contributed by atoms with Gasteiger partial charge in [-0.2, -0.15) is 5.10 Å². The Balaban J connectivity index is 1.53. The van der Waals surface area contributed by atoms with Crippen LogP contribution in [-0.4, -0.2) is 35.1 Å². The predicted octanol–water partition coefficient (Wildman–Crippen LogP) is 2.60. The van der Waals surface area contributed by atoms with Gasteiger partial charge < -0.3 is 10.1 Å². The molecule has 0 bridgehead atoms. The molecule has 2 aromatic rings. The summed E-state index contributed by atoms with van der Waals surface area (Å²) in [6, 6.07) is 5.75.